The van der Waals surface area contributed by atoms with Gasteiger partial charge in [-0.15, -0.1) is 11.6 Å². The lowest BCUT2D eigenvalue weighted by Crippen LogP contribution is -2.34. The van der Waals surface area contributed by atoms with Gasteiger partial charge in [0.25, 0.3) is 0 Å². The van der Waals surface area contributed by atoms with Crippen molar-refractivity contribution < 1.29 is 8.78 Å². The molecule has 0 aliphatic heterocycles. The molecule has 0 aliphatic carbocycles. The molecule has 1 aromatic rings. The second kappa shape index (κ2) is 6.92. The SMILES string of the molecule is CC(C)C(CCCl)NCc1cccc(F)c1F. The Balaban J connectivity index is 2.62. The van der Waals surface area contributed by atoms with Crippen LogP contribution in [-0.2, 0) is 6.54 Å². The molecule has 0 radical (unpaired) electrons. The quantitative estimate of drug-likeness (QED) is 0.770. The molecule has 0 saturated carbocycles. The van der Waals surface area contributed by atoms with Crippen LogP contribution in [0.3, 0.4) is 0 Å². The molecule has 0 aromatic heterocycles. The zero-order valence-corrected chi connectivity index (χ0v) is 10.9. The largest absolute Gasteiger partial charge is 0.310 e. The molecule has 0 amide bonds. The third kappa shape index (κ3) is 4.25. The van der Waals surface area contributed by atoms with E-state index in [1.54, 1.807) is 6.07 Å². The van der Waals surface area contributed by atoms with E-state index in [1.807, 2.05) is 0 Å². The molecule has 4 heteroatoms. The molecular formula is C13H18ClF2N. The predicted octanol–water partition coefficient (Wildman–Crippen LogP) is 3.71. The first kappa shape index (κ1) is 14.4. The minimum absolute atomic E-state index is 0.218. The molecular weight excluding hydrogens is 244 g/mol. The van der Waals surface area contributed by atoms with Gasteiger partial charge in [-0.3, -0.25) is 0 Å². The third-order valence-corrected chi connectivity index (χ3v) is 3.03. The van der Waals surface area contributed by atoms with Crippen molar-refractivity contribution in [1.29, 1.82) is 0 Å². The summed E-state index contributed by atoms with van der Waals surface area (Å²) in [7, 11) is 0. The van der Waals surface area contributed by atoms with Crippen LogP contribution in [0.15, 0.2) is 18.2 Å². The summed E-state index contributed by atoms with van der Waals surface area (Å²) in [6.45, 7) is 4.47. The molecule has 1 atom stereocenters. The molecule has 0 saturated heterocycles. The lowest BCUT2D eigenvalue weighted by molar-refractivity contribution is 0.383. The van der Waals surface area contributed by atoms with Gasteiger partial charge in [-0.2, -0.15) is 0 Å². The predicted molar refractivity (Wildman–Crippen MR) is 67.2 cm³/mol. The van der Waals surface area contributed by atoms with Crippen LogP contribution in [0.2, 0.25) is 0 Å². The third-order valence-electron chi connectivity index (χ3n) is 2.81. The molecule has 1 N–H and O–H groups in total. The van der Waals surface area contributed by atoms with E-state index in [9.17, 15) is 8.78 Å². The highest BCUT2D eigenvalue weighted by molar-refractivity contribution is 6.17. The Kier molecular flexibility index (Phi) is 5.86. The Bertz CT molecular complexity index is 355. The standard InChI is InChI=1S/C13H18ClF2N/c1-9(2)12(6-7-14)17-8-10-4-3-5-11(15)13(10)16/h3-5,9,12,17H,6-8H2,1-2H3. The van der Waals surface area contributed by atoms with Gasteiger partial charge < -0.3 is 5.32 Å². The molecule has 1 unspecified atom stereocenters. The van der Waals surface area contributed by atoms with E-state index in [2.05, 4.69) is 19.2 Å². The highest BCUT2D eigenvalue weighted by Gasteiger charge is 2.14. The summed E-state index contributed by atoms with van der Waals surface area (Å²) in [4.78, 5) is 0. The van der Waals surface area contributed by atoms with Gasteiger partial charge in [0.1, 0.15) is 0 Å². The average molecular weight is 262 g/mol. The molecule has 0 bridgehead atoms. The van der Waals surface area contributed by atoms with E-state index in [1.165, 1.54) is 6.07 Å². The Morgan fingerprint density at radius 2 is 2.00 bits per heavy atom. The molecule has 0 spiro atoms. The van der Waals surface area contributed by atoms with Gasteiger partial charge in [0, 0.05) is 24.0 Å². The lowest BCUT2D eigenvalue weighted by atomic mass is 10.0. The molecule has 96 valence electrons. The number of hydrogen-bond acceptors (Lipinski definition) is 1. The number of rotatable bonds is 6. The summed E-state index contributed by atoms with van der Waals surface area (Å²) in [6.07, 6.45) is 0.816. The van der Waals surface area contributed by atoms with Crippen LogP contribution in [0.1, 0.15) is 25.8 Å². The van der Waals surface area contributed by atoms with E-state index >= 15 is 0 Å². The molecule has 1 rings (SSSR count). The number of nitrogens with one attached hydrogen (secondary N) is 1. The fourth-order valence-electron chi connectivity index (χ4n) is 1.71. The highest BCUT2D eigenvalue weighted by Crippen LogP contribution is 2.13. The van der Waals surface area contributed by atoms with Gasteiger partial charge >= 0.3 is 0 Å². The van der Waals surface area contributed by atoms with E-state index in [4.69, 9.17) is 11.6 Å². The first-order valence-corrected chi connectivity index (χ1v) is 6.32. The monoisotopic (exact) mass is 261 g/mol. The number of hydrogen-bond donors (Lipinski definition) is 1. The van der Waals surface area contributed by atoms with Crippen LogP contribution in [0, 0.1) is 17.6 Å². The summed E-state index contributed by atoms with van der Waals surface area (Å²) < 4.78 is 26.4. The number of alkyl halides is 1. The summed E-state index contributed by atoms with van der Waals surface area (Å²) in [6, 6.07) is 4.44. The van der Waals surface area contributed by atoms with E-state index in [0.717, 1.165) is 12.5 Å². The van der Waals surface area contributed by atoms with Crippen molar-refractivity contribution in [2.45, 2.75) is 32.9 Å². The van der Waals surface area contributed by atoms with Gasteiger partial charge in [0.05, 0.1) is 0 Å². The summed E-state index contributed by atoms with van der Waals surface area (Å²) in [5, 5.41) is 3.21. The molecule has 1 aromatic carbocycles. The van der Waals surface area contributed by atoms with Crippen molar-refractivity contribution in [2.75, 3.05) is 5.88 Å². The van der Waals surface area contributed by atoms with Crippen molar-refractivity contribution in [3.8, 4) is 0 Å². The average Bonchev–Trinajstić information content (AvgIpc) is 2.29. The second-order valence-corrected chi connectivity index (χ2v) is 4.80. The van der Waals surface area contributed by atoms with Crippen molar-refractivity contribution >= 4 is 11.6 Å². The maximum absolute atomic E-state index is 13.4. The van der Waals surface area contributed by atoms with Crippen molar-refractivity contribution in [3.63, 3.8) is 0 Å². The Hall–Kier alpha value is -0.670. The molecule has 1 nitrogen and oxygen atoms in total. The topological polar surface area (TPSA) is 12.0 Å². The molecule has 0 aliphatic rings. The minimum atomic E-state index is -0.803. The minimum Gasteiger partial charge on any atom is -0.310 e. The zero-order valence-electron chi connectivity index (χ0n) is 10.1. The number of benzene rings is 1. The normalized spacial score (nSPS) is 13.1. The van der Waals surface area contributed by atoms with Gasteiger partial charge in [-0.25, -0.2) is 8.78 Å². The van der Waals surface area contributed by atoms with Crippen molar-refractivity contribution in [2.24, 2.45) is 5.92 Å². The fraction of sp³-hybridized carbons (Fsp3) is 0.538. The van der Waals surface area contributed by atoms with E-state index in [0.29, 0.717) is 23.9 Å². The van der Waals surface area contributed by atoms with Gasteiger partial charge in [-0.05, 0) is 18.4 Å². The summed E-state index contributed by atoms with van der Waals surface area (Å²) in [5.41, 5.74) is 0.352. The second-order valence-electron chi connectivity index (χ2n) is 4.42. The summed E-state index contributed by atoms with van der Waals surface area (Å²) >= 11 is 5.70. The first-order valence-electron chi connectivity index (χ1n) is 5.78. The molecule has 17 heavy (non-hydrogen) atoms. The molecule has 0 fully saturated rings. The van der Waals surface area contributed by atoms with Crippen LogP contribution in [-0.4, -0.2) is 11.9 Å². The van der Waals surface area contributed by atoms with Gasteiger partial charge in [-0.1, -0.05) is 26.0 Å². The van der Waals surface area contributed by atoms with Crippen LogP contribution >= 0.6 is 11.6 Å². The number of halogens is 3. The van der Waals surface area contributed by atoms with Crippen LogP contribution < -0.4 is 5.32 Å². The van der Waals surface area contributed by atoms with E-state index in [-0.39, 0.29) is 6.04 Å². The molecule has 0 heterocycles. The lowest BCUT2D eigenvalue weighted by Gasteiger charge is -2.21. The van der Waals surface area contributed by atoms with E-state index < -0.39 is 11.6 Å². The summed E-state index contributed by atoms with van der Waals surface area (Å²) in [5.74, 6) is -0.608. The van der Waals surface area contributed by atoms with Crippen molar-refractivity contribution in [3.05, 3.63) is 35.4 Å². The van der Waals surface area contributed by atoms with Crippen molar-refractivity contribution in [1.82, 2.24) is 5.32 Å². The fourth-order valence-corrected chi connectivity index (χ4v) is 1.95. The smallest absolute Gasteiger partial charge is 0.163 e. The Labute approximate surface area is 106 Å². The Morgan fingerprint density at radius 3 is 2.59 bits per heavy atom. The van der Waals surface area contributed by atoms with Gasteiger partial charge in [0.2, 0.25) is 0 Å². The first-order chi connectivity index (χ1) is 8.06. The maximum Gasteiger partial charge on any atom is 0.163 e. The van der Waals surface area contributed by atoms with Crippen LogP contribution in [0.4, 0.5) is 8.78 Å². The highest BCUT2D eigenvalue weighted by atomic mass is 35.5. The Morgan fingerprint density at radius 1 is 1.29 bits per heavy atom. The maximum atomic E-state index is 13.4. The van der Waals surface area contributed by atoms with Crippen LogP contribution in [0.5, 0.6) is 0 Å². The van der Waals surface area contributed by atoms with Crippen LogP contribution in [0.25, 0.3) is 0 Å². The zero-order chi connectivity index (χ0) is 12.8. The van der Waals surface area contributed by atoms with Gasteiger partial charge in [0.15, 0.2) is 11.6 Å².